The molecule has 4 amide bonds. The number of hydrogen-bond donors (Lipinski definition) is 4. The lowest BCUT2D eigenvalue weighted by molar-refractivity contribution is 0.255. The molecule has 42 heavy (non-hydrogen) atoms. The Labute approximate surface area is 241 Å². The lowest BCUT2D eigenvalue weighted by Gasteiger charge is -2.22. The quantitative estimate of drug-likeness (QED) is 0.161. The number of nitrogens with zero attached hydrogens (tertiary/aromatic N) is 2. The molecular formula is C28H24N4O8S2. The van der Waals surface area contributed by atoms with Crippen LogP contribution in [-0.2, 0) is 20.2 Å². The highest BCUT2D eigenvalue weighted by atomic mass is 32.2. The summed E-state index contributed by atoms with van der Waals surface area (Å²) in [6, 6.07) is 21.8. The van der Waals surface area contributed by atoms with Crippen LogP contribution in [0.5, 0.6) is 0 Å². The average molecular weight is 609 g/mol. The summed E-state index contributed by atoms with van der Waals surface area (Å²) < 4.78 is 69.1. The lowest BCUT2D eigenvalue weighted by atomic mass is 10.1. The van der Waals surface area contributed by atoms with E-state index in [9.17, 15) is 35.5 Å². The summed E-state index contributed by atoms with van der Waals surface area (Å²) in [6.07, 6.45) is 2.38. The Morgan fingerprint density at radius 2 is 0.881 bits per heavy atom. The van der Waals surface area contributed by atoms with Gasteiger partial charge < -0.3 is 11.5 Å². The highest BCUT2D eigenvalue weighted by molar-refractivity contribution is 7.86. The van der Waals surface area contributed by atoms with E-state index >= 15 is 0 Å². The predicted octanol–water partition coefficient (Wildman–Crippen LogP) is 4.78. The molecule has 14 heteroatoms. The molecule has 4 aromatic rings. The molecule has 0 aliphatic rings. The molecule has 6 N–H and O–H groups in total. The van der Waals surface area contributed by atoms with Crippen LogP contribution < -0.4 is 21.3 Å². The molecule has 0 unspecified atom stereocenters. The van der Waals surface area contributed by atoms with Gasteiger partial charge in [-0.15, -0.1) is 0 Å². The molecule has 4 rings (SSSR count). The summed E-state index contributed by atoms with van der Waals surface area (Å²) in [5.74, 6) is 0. The second-order valence-corrected chi connectivity index (χ2v) is 11.5. The number of nitrogens with two attached hydrogens (primary N) is 2. The van der Waals surface area contributed by atoms with Crippen molar-refractivity contribution in [1.29, 1.82) is 0 Å². The van der Waals surface area contributed by atoms with E-state index in [1.54, 1.807) is 60.7 Å². The fraction of sp³-hybridized carbons (Fsp3) is 0. The zero-order valence-corrected chi connectivity index (χ0v) is 23.2. The molecule has 4 aromatic carbocycles. The van der Waals surface area contributed by atoms with Crippen molar-refractivity contribution in [2.24, 2.45) is 11.5 Å². The maximum Gasteiger partial charge on any atom is 0.323 e. The van der Waals surface area contributed by atoms with Crippen molar-refractivity contribution in [3.8, 4) is 0 Å². The Balaban J connectivity index is 1.80. The first kappa shape index (κ1) is 30.0. The Kier molecular flexibility index (Phi) is 8.44. The summed E-state index contributed by atoms with van der Waals surface area (Å²) in [6.45, 7) is 0. The zero-order chi connectivity index (χ0) is 30.7. The Morgan fingerprint density at radius 3 is 1.17 bits per heavy atom. The van der Waals surface area contributed by atoms with Gasteiger partial charge in [-0.05, 0) is 59.7 Å². The standard InChI is InChI=1S/C28H24N4O8S2/c29-27(33)31(21-7-3-1-4-8-21)23-15-13-19(25(17-23)41(35,36)37)11-12-20-14-16-24(18-26(20)42(38,39)40)32(28(30)34)22-9-5-2-6-10-22/h1-18H,(H2,29,33)(H2,30,34)(H,35,36,37)(H,38,39,40)/b12-11+. The van der Waals surface area contributed by atoms with Gasteiger partial charge in [-0.25, -0.2) is 9.59 Å². The van der Waals surface area contributed by atoms with Gasteiger partial charge in [0.15, 0.2) is 0 Å². The maximum atomic E-state index is 12.3. The third kappa shape index (κ3) is 6.64. The molecule has 0 aliphatic heterocycles. The predicted molar refractivity (Wildman–Crippen MR) is 158 cm³/mol. The van der Waals surface area contributed by atoms with Gasteiger partial charge in [0.05, 0.1) is 22.7 Å². The third-order valence-corrected chi connectivity index (χ3v) is 7.80. The van der Waals surface area contributed by atoms with Crippen LogP contribution in [0.3, 0.4) is 0 Å². The van der Waals surface area contributed by atoms with E-state index in [0.717, 1.165) is 21.9 Å². The number of primary amides is 2. The Bertz CT molecular complexity index is 1760. The smallest absolute Gasteiger partial charge is 0.323 e. The van der Waals surface area contributed by atoms with Crippen molar-refractivity contribution in [3.05, 3.63) is 108 Å². The molecule has 12 nitrogen and oxygen atoms in total. The molecular weight excluding hydrogens is 584 g/mol. The van der Waals surface area contributed by atoms with Crippen molar-refractivity contribution >= 4 is 67.2 Å². The van der Waals surface area contributed by atoms with Crippen molar-refractivity contribution < 1.29 is 35.5 Å². The van der Waals surface area contributed by atoms with Crippen LogP contribution in [0.4, 0.5) is 32.3 Å². The van der Waals surface area contributed by atoms with E-state index in [1.807, 2.05) is 0 Å². The van der Waals surface area contributed by atoms with E-state index < -0.39 is 42.1 Å². The largest absolute Gasteiger partial charge is 0.351 e. The van der Waals surface area contributed by atoms with Crippen LogP contribution >= 0.6 is 0 Å². The molecule has 0 fully saturated rings. The van der Waals surface area contributed by atoms with Crippen LogP contribution in [0.1, 0.15) is 11.1 Å². The minimum absolute atomic E-state index is 0.0360. The highest BCUT2D eigenvalue weighted by Crippen LogP contribution is 2.32. The van der Waals surface area contributed by atoms with Crippen LogP contribution in [0.25, 0.3) is 12.2 Å². The van der Waals surface area contributed by atoms with E-state index in [0.29, 0.717) is 11.4 Å². The van der Waals surface area contributed by atoms with Gasteiger partial charge in [0, 0.05) is 0 Å². The van der Waals surface area contributed by atoms with Gasteiger partial charge in [0.2, 0.25) is 0 Å². The number of carbonyl (C=O) groups is 2. The summed E-state index contributed by atoms with van der Waals surface area (Å²) in [7, 11) is -9.71. The SMILES string of the molecule is NC(=O)N(c1ccccc1)c1ccc(/C=C/c2ccc(N(C(N)=O)c3ccccc3)cc2S(=O)(=O)O)c(S(=O)(=O)O)c1. The molecule has 0 saturated heterocycles. The van der Waals surface area contributed by atoms with Crippen LogP contribution in [-0.4, -0.2) is 38.0 Å². The first-order valence-electron chi connectivity index (χ1n) is 12.0. The maximum absolute atomic E-state index is 12.3. The molecule has 0 heterocycles. The lowest BCUT2D eigenvalue weighted by Crippen LogP contribution is -2.31. The van der Waals surface area contributed by atoms with Crippen molar-refractivity contribution in [1.82, 2.24) is 0 Å². The topological polar surface area (TPSA) is 201 Å². The molecule has 0 aromatic heterocycles. The molecule has 0 atom stereocenters. The van der Waals surface area contributed by atoms with Gasteiger partial charge in [-0.1, -0.05) is 60.7 Å². The van der Waals surface area contributed by atoms with Gasteiger partial charge >= 0.3 is 12.1 Å². The average Bonchev–Trinajstić information content (AvgIpc) is 2.92. The normalized spacial score (nSPS) is 11.8. The van der Waals surface area contributed by atoms with Gasteiger partial charge in [-0.3, -0.25) is 18.9 Å². The van der Waals surface area contributed by atoms with Crippen molar-refractivity contribution in [2.75, 3.05) is 9.80 Å². The second kappa shape index (κ2) is 11.8. The number of hydrogen-bond acceptors (Lipinski definition) is 6. The van der Waals surface area contributed by atoms with Crippen molar-refractivity contribution in [3.63, 3.8) is 0 Å². The Hall–Kier alpha value is -5.02. The number of urea groups is 2. The first-order chi connectivity index (χ1) is 19.8. The summed E-state index contributed by atoms with van der Waals surface area (Å²) in [5, 5.41) is 0. The van der Waals surface area contributed by atoms with Crippen molar-refractivity contribution in [2.45, 2.75) is 9.79 Å². The van der Waals surface area contributed by atoms with E-state index in [-0.39, 0.29) is 22.5 Å². The first-order valence-corrected chi connectivity index (χ1v) is 14.9. The molecule has 0 spiro atoms. The van der Waals surface area contributed by atoms with Gasteiger partial charge in [0.1, 0.15) is 9.79 Å². The molecule has 0 bridgehead atoms. The number of para-hydroxylation sites is 2. The fourth-order valence-corrected chi connectivity index (χ4v) is 5.59. The summed E-state index contributed by atoms with van der Waals surface area (Å²) >= 11 is 0. The van der Waals surface area contributed by atoms with Crippen LogP contribution in [0.2, 0.25) is 0 Å². The number of benzene rings is 4. The number of rotatable bonds is 8. The van der Waals surface area contributed by atoms with Gasteiger partial charge in [-0.2, -0.15) is 16.8 Å². The minimum Gasteiger partial charge on any atom is -0.351 e. The molecule has 0 aliphatic carbocycles. The summed E-state index contributed by atoms with van der Waals surface area (Å²) in [5.41, 5.74) is 11.7. The minimum atomic E-state index is -4.85. The Morgan fingerprint density at radius 1 is 0.548 bits per heavy atom. The van der Waals surface area contributed by atoms with Crippen LogP contribution in [0.15, 0.2) is 107 Å². The fourth-order valence-electron chi connectivity index (χ4n) is 4.19. The van der Waals surface area contributed by atoms with Crippen LogP contribution in [0, 0.1) is 0 Å². The highest BCUT2D eigenvalue weighted by Gasteiger charge is 2.23. The zero-order valence-electron chi connectivity index (χ0n) is 21.6. The summed E-state index contributed by atoms with van der Waals surface area (Å²) in [4.78, 5) is 25.3. The van der Waals surface area contributed by atoms with E-state index in [2.05, 4.69) is 0 Å². The third-order valence-electron chi connectivity index (χ3n) is 5.98. The number of amides is 4. The monoisotopic (exact) mass is 608 g/mol. The molecule has 0 radical (unpaired) electrons. The second-order valence-electron chi connectivity index (χ2n) is 8.75. The van der Waals surface area contributed by atoms with Gasteiger partial charge in [0.25, 0.3) is 20.2 Å². The molecule has 0 saturated carbocycles. The van der Waals surface area contributed by atoms with E-state index in [4.69, 9.17) is 11.5 Å². The van der Waals surface area contributed by atoms with E-state index in [1.165, 1.54) is 36.4 Å². The molecule has 216 valence electrons. The number of anilines is 4. The number of carbonyl (C=O) groups excluding carboxylic acids is 2.